The third-order valence-corrected chi connectivity index (χ3v) is 7.45. The van der Waals surface area contributed by atoms with E-state index in [0.717, 1.165) is 11.3 Å². The number of nitro benzene ring substituents is 1. The number of phenolic OH excluding ortho intramolecular Hbond substituents is 1. The predicted octanol–water partition coefficient (Wildman–Crippen LogP) is 3.96. The number of nitro groups is 1. The van der Waals surface area contributed by atoms with E-state index < -0.39 is 33.9 Å². The van der Waals surface area contributed by atoms with Crippen molar-refractivity contribution < 1.29 is 24.3 Å². The van der Waals surface area contributed by atoms with E-state index in [2.05, 4.69) is 15.9 Å². The Morgan fingerprint density at radius 1 is 1.32 bits per heavy atom. The van der Waals surface area contributed by atoms with Crippen molar-refractivity contribution in [1.29, 1.82) is 0 Å². The van der Waals surface area contributed by atoms with Crippen LogP contribution in [0.4, 0.5) is 5.69 Å². The largest absolute Gasteiger partial charge is 0.501 e. The van der Waals surface area contributed by atoms with Crippen LogP contribution in [0.15, 0.2) is 61.9 Å². The minimum Gasteiger partial charge on any atom is -0.501 e. The van der Waals surface area contributed by atoms with Gasteiger partial charge in [-0.2, -0.15) is 0 Å². The van der Waals surface area contributed by atoms with E-state index in [0.29, 0.717) is 40.2 Å². The Labute approximate surface area is 229 Å². The van der Waals surface area contributed by atoms with Crippen LogP contribution in [0.1, 0.15) is 43.9 Å². The Morgan fingerprint density at radius 3 is 2.74 bits per heavy atom. The number of methoxy groups -OCH3 is 1. The molecular formula is C26H24BrN3O7S. The first-order valence-corrected chi connectivity index (χ1v) is 13.3. The van der Waals surface area contributed by atoms with Crippen molar-refractivity contribution in [2.24, 2.45) is 4.99 Å². The number of aromatic nitrogens is 1. The zero-order valence-corrected chi connectivity index (χ0v) is 23.2. The van der Waals surface area contributed by atoms with Crippen LogP contribution in [0.5, 0.6) is 11.5 Å². The lowest BCUT2D eigenvalue weighted by Crippen LogP contribution is -2.40. The van der Waals surface area contributed by atoms with Gasteiger partial charge in [0.15, 0.2) is 4.80 Å². The van der Waals surface area contributed by atoms with Crippen LogP contribution >= 0.6 is 27.3 Å². The molecule has 0 aliphatic carbocycles. The summed E-state index contributed by atoms with van der Waals surface area (Å²) in [6, 6.07) is 8.96. The number of nitrogens with zero attached hydrogens (tertiary/aromatic N) is 3. The molecule has 10 nitrogen and oxygen atoms in total. The third kappa shape index (κ3) is 5.14. The molecule has 2 aromatic carbocycles. The highest BCUT2D eigenvalue weighted by atomic mass is 79.9. The van der Waals surface area contributed by atoms with Gasteiger partial charge in [-0.3, -0.25) is 19.5 Å². The number of hydrogen-bond acceptors (Lipinski definition) is 9. The van der Waals surface area contributed by atoms with E-state index in [1.807, 2.05) is 6.92 Å². The summed E-state index contributed by atoms with van der Waals surface area (Å²) in [7, 11) is 1.53. The number of phenols is 1. The summed E-state index contributed by atoms with van der Waals surface area (Å²) in [6.07, 6.45) is 2.71. The number of halogens is 1. The molecule has 0 amide bonds. The van der Waals surface area contributed by atoms with Crippen LogP contribution in [0.2, 0.25) is 0 Å². The molecule has 0 bridgehead atoms. The summed E-state index contributed by atoms with van der Waals surface area (Å²) in [6.45, 7) is 3.84. The van der Waals surface area contributed by atoms with Crippen LogP contribution in [0.25, 0.3) is 6.08 Å². The second-order valence-corrected chi connectivity index (χ2v) is 10.2. The van der Waals surface area contributed by atoms with Gasteiger partial charge in [-0.1, -0.05) is 36.8 Å². The van der Waals surface area contributed by atoms with Crippen LogP contribution in [-0.4, -0.2) is 34.3 Å². The van der Waals surface area contributed by atoms with Crippen molar-refractivity contribution in [3.63, 3.8) is 0 Å². The number of esters is 1. The average molecular weight is 602 g/mol. The molecule has 1 aliphatic heterocycles. The van der Waals surface area contributed by atoms with Crippen molar-refractivity contribution in [1.82, 2.24) is 4.57 Å². The van der Waals surface area contributed by atoms with Gasteiger partial charge < -0.3 is 14.6 Å². The number of allylic oxidation sites excluding steroid dienone is 1. The Balaban J connectivity index is 2.01. The fourth-order valence-electron chi connectivity index (χ4n) is 4.23. The third-order valence-electron chi connectivity index (χ3n) is 5.86. The molecule has 198 valence electrons. The first-order valence-electron chi connectivity index (χ1n) is 11.7. The quantitative estimate of drug-likeness (QED) is 0.234. The van der Waals surface area contributed by atoms with Crippen LogP contribution < -0.4 is 19.6 Å². The van der Waals surface area contributed by atoms with E-state index in [1.165, 1.54) is 29.9 Å². The molecule has 0 saturated carbocycles. The van der Waals surface area contributed by atoms with Gasteiger partial charge in [-0.05, 0) is 64.7 Å². The van der Waals surface area contributed by atoms with E-state index in [9.17, 15) is 24.8 Å². The zero-order valence-electron chi connectivity index (χ0n) is 20.8. The number of ether oxygens (including phenoxy) is 2. The highest BCUT2D eigenvalue weighted by Gasteiger charge is 2.34. The first-order chi connectivity index (χ1) is 18.2. The molecule has 0 spiro atoms. The standard InChI is InChI=1S/C26H24BrN3O7S/c1-4-7-18-21(25(33)37-5-2)22(15-8-6-9-16(13-15)36-3)29-24(32)20(38-26(29)28-18)12-14-10-17(27)23(31)19(11-14)30(34)35/h6,8-13,22,31H,4-5,7H2,1-3H3/b20-12-/t22-/m1/s1. The summed E-state index contributed by atoms with van der Waals surface area (Å²) in [4.78, 5) is 42.8. The number of fused-ring (bicyclic) bond motifs is 1. The average Bonchev–Trinajstić information content (AvgIpc) is 3.19. The summed E-state index contributed by atoms with van der Waals surface area (Å²) in [5.41, 5.74) is 0.876. The smallest absolute Gasteiger partial charge is 0.338 e. The summed E-state index contributed by atoms with van der Waals surface area (Å²) in [5, 5.41) is 21.4. The molecule has 1 N–H and O–H groups in total. The van der Waals surface area contributed by atoms with Crippen molar-refractivity contribution in [3.8, 4) is 11.5 Å². The van der Waals surface area contributed by atoms with Gasteiger partial charge in [-0.25, -0.2) is 9.79 Å². The molecule has 0 fully saturated rings. The Morgan fingerprint density at radius 2 is 2.08 bits per heavy atom. The highest BCUT2D eigenvalue weighted by Crippen LogP contribution is 2.36. The molecule has 12 heteroatoms. The highest BCUT2D eigenvalue weighted by molar-refractivity contribution is 9.10. The Bertz CT molecular complexity index is 1640. The normalized spacial score (nSPS) is 15.2. The van der Waals surface area contributed by atoms with Gasteiger partial charge in [0.1, 0.15) is 5.75 Å². The summed E-state index contributed by atoms with van der Waals surface area (Å²) < 4.78 is 12.6. The lowest BCUT2D eigenvalue weighted by molar-refractivity contribution is -0.386. The fourth-order valence-corrected chi connectivity index (χ4v) is 5.71. The number of aromatic hydroxyl groups is 1. The molecule has 1 aliphatic rings. The van der Waals surface area contributed by atoms with Gasteiger partial charge in [0.2, 0.25) is 5.75 Å². The Hall–Kier alpha value is -3.77. The number of hydrogen-bond donors (Lipinski definition) is 1. The molecule has 0 unspecified atom stereocenters. The van der Waals surface area contributed by atoms with Gasteiger partial charge in [0.25, 0.3) is 5.56 Å². The maximum Gasteiger partial charge on any atom is 0.338 e. The second-order valence-electron chi connectivity index (χ2n) is 8.32. The van der Waals surface area contributed by atoms with Crippen LogP contribution in [0.3, 0.4) is 0 Å². The minimum absolute atomic E-state index is 0.120. The van der Waals surface area contributed by atoms with Crippen LogP contribution in [0, 0.1) is 10.1 Å². The molecule has 1 aromatic heterocycles. The molecule has 3 aromatic rings. The number of benzene rings is 2. The lowest BCUT2D eigenvalue weighted by atomic mass is 9.94. The van der Waals surface area contributed by atoms with E-state index in [1.54, 1.807) is 31.2 Å². The van der Waals surface area contributed by atoms with E-state index >= 15 is 0 Å². The minimum atomic E-state index is -0.815. The van der Waals surface area contributed by atoms with Gasteiger partial charge in [-0.15, -0.1) is 0 Å². The molecule has 1 atom stereocenters. The number of rotatable bonds is 8. The Kier molecular flexibility index (Phi) is 8.12. The second kappa shape index (κ2) is 11.3. The number of carbonyl (C=O) groups excluding carboxylic acids is 1. The maximum atomic E-state index is 13.8. The molecule has 0 saturated heterocycles. The maximum absolute atomic E-state index is 13.8. The number of thiazole rings is 1. The fraction of sp³-hybridized carbons (Fsp3) is 0.269. The van der Waals surface area contributed by atoms with Gasteiger partial charge in [0, 0.05) is 6.07 Å². The monoisotopic (exact) mass is 601 g/mol. The van der Waals surface area contributed by atoms with E-state index in [-0.39, 0.29) is 21.2 Å². The van der Waals surface area contributed by atoms with Crippen LogP contribution in [-0.2, 0) is 9.53 Å². The molecule has 38 heavy (non-hydrogen) atoms. The number of carbonyl (C=O) groups is 1. The SMILES string of the molecule is CCCC1=C(C(=O)OCC)[C@@H](c2cccc(OC)c2)n2c(s/c(=C\c3cc(Br)c(O)c([N+](=O)[O-])c3)c2=O)=N1. The molecule has 2 heterocycles. The van der Waals surface area contributed by atoms with Crippen molar-refractivity contribution in [3.05, 3.63) is 93.1 Å². The molecular weight excluding hydrogens is 578 g/mol. The molecule has 4 rings (SSSR count). The van der Waals surface area contributed by atoms with Crippen molar-refractivity contribution in [2.75, 3.05) is 13.7 Å². The van der Waals surface area contributed by atoms with Crippen molar-refractivity contribution >= 4 is 45.0 Å². The lowest BCUT2D eigenvalue weighted by Gasteiger charge is -2.26. The molecule has 0 radical (unpaired) electrons. The summed E-state index contributed by atoms with van der Waals surface area (Å²) in [5.74, 6) is -0.502. The first kappa shape index (κ1) is 27.3. The predicted molar refractivity (Wildman–Crippen MR) is 145 cm³/mol. The topological polar surface area (TPSA) is 133 Å². The van der Waals surface area contributed by atoms with Gasteiger partial charge in [0.05, 0.1) is 45.0 Å². The zero-order chi connectivity index (χ0) is 27.6. The van der Waals surface area contributed by atoms with Crippen molar-refractivity contribution in [2.45, 2.75) is 32.7 Å². The summed E-state index contributed by atoms with van der Waals surface area (Å²) >= 11 is 4.24. The van der Waals surface area contributed by atoms with Gasteiger partial charge >= 0.3 is 11.7 Å². The van der Waals surface area contributed by atoms with E-state index in [4.69, 9.17) is 14.5 Å².